The Morgan fingerprint density at radius 3 is 2.80 bits per heavy atom. The molecule has 1 aromatic heterocycles. The van der Waals surface area contributed by atoms with Crippen LogP contribution in [0.1, 0.15) is 31.0 Å². The van der Waals surface area contributed by atoms with Gasteiger partial charge in [0.15, 0.2) is 0 Å². The molecule has 4 nitrogen and oxygen atoms in total. The second-order valence-electron chi connectivity index (χ2n) is 5.29. The lowest BCUT2D eigenvalue weighted by atomic mass is 10.0. The van der Waals surface area contributed by atoms with Crippen LogP contribution in [0, 0.1) is 6.92 Å². The van der Waals surface area contributed by atoms with Crippen LogP contribution in [0.5, 0.6) is 5.75 Å². The SMILES string of the molecule is COc1ccc(C)cc1C(C)NC(C)Cn1ccnc1. The van der Waals surface area contributed by atoms with Crippen molar-refractivity contribution in [3.8, 4) is 5.75 Å². The van der Waals surface area contributed by atoms with Gasteiger partial charge >= 0.3 is 0 Å². The van der Waals surface area contributed by atoms with Crippen molar-refractivity contribution in [2.75, 3.05) is 7.11 Å². The van der Waals surface area contributed by atoms with E-state index < -0.39 is 0 Å². The zero-order chi connectivity index (χ0) is 14.5. The van der Waals surface area contributed by atoms with Gasteiger partial charge in [-0.25, -0.2) is 4.98 Å². The van der Waals surface area contributed by atoms with Gasteiger partial charge in [0.25, 0.3) is 0 Å². The number of hydrogen-bond donors (Lipinski definition) is 1. The molecule has 0 fully saturated rings. The van der Waals surface area contributed by atoms with Crippen LogP contribution in [0.25, 0.3) is 0 Å². The Kier molecular flexibility index (Phi) is 4.79. The Labute approximate surface area is 120 Å². The number of rotatable bonds is 6. The largest absolute Gasteiger partial charge is 0.496 e. The van der Waals surface area contributed by atoms with Crippen molar-refractivity contribution >= 4 is 0 Å². The van der Waals surface area contributed by atoms with Crippen LogP contribution in [-0.2, 0) is 6.54 Å². The Balaban J connectivity index is 2.03. The first-order valence-electron chi connectivity index (χ1n) is 6.96. The van der Waals surface area contributed by atoms with E-state index in [1.54, 1.807) is 13.3 Å². The van der Waals surface area contributed by atoms with Crippen molar-refractivity contribution < 1.29 is 4.74 Å². The summed E-state index contributed by atoms with van der Waals surface area (Å²) >= 11 is 0. The highest BCUT2D eigenvalue weighted by Gasteiger charge is 2.14. The molecule has 4 heteroatoms. The molecule has 0 radical (unpaired) electrons. The van der Waals surface area contributed by atoms with Gasteiger partial charge in [0.05, 0.1) is 13.4 Å². The van der Waals surface area contributed by atoms with Gasteiger partial charge in [-0.1, -0.05) is 17.7 Å². The Morgan fingerprint density at radius 1 is 1.35 bits per heavy atom. The second kappa shape index (κ2) is 6.57. The third-order valence-corrected chi connectivity index (χ3v) is 3.43. The minimum atomic E-state index is 0.239. The molecule has 2 unspecified atom stereocenters. The van der Waals surface area contributed by atoms with E-state index in [0.717, 1.165) is 12.3 Å². The molecule has 0 aliphatic heterocycles. The van der Waals surface area contributed by atoms with E-state index in [1.165, 1.54) is 11.1 Å². The number of benzene rings is 1. The smallest absolute Gasteiger partial charge is 0.123 e. The van der Waals surface area contributed by atoms with Gasteiger partial charge in [0.1, 0.15) is 5.75 Å². The summed E-state index contributed by atoms with van der Waals surface area (Å²) in [4.78, 5) is 4.07. The van der Waals surface area contributed by atoms with Crippen molar-refractivity contribution in [3.63, 3.8) is 0 Å². The summed E-state index contributed by atoms with van der Waals surface area (Å²) in [5.74, 6) is 0.936. The summed E-state index contributed by atoms with van der Waals surface area (Å²) < 4.78 is 7.53. The Bertz CT molecular complexity index is 537. The van der Waals surface area contributed by atoms with Crippen molar-refractivity contribution in [3.05, 3.63) is 48.0 Å². The highest BCUT2D eigenvalue weighted by atomic mass is 16.5. The third kappa shape index (κ3) is 3.61. The molecule has 2 aromatic rings. The number of nitrogens with zero attached hydrogens (tertiary/aromatic N) is 2. The van der Waals surface area contributed by atoms with Crippen molar-refractivity contribution in [1.82, 2.24) is 14.9 Å². The number of ether oxygens (including phenoxy) is 1. The van der Waals surface area contributed by atoms with Gasteiger partial charge < -0.3 is 14.6 Å². The standard InChI is InChI=1S/C16H23N3O/c1-12-5-6-16(20-4)15(9-12)14(3)18-13(2)10-19-8-7-17-11-19/h5-9,11,13-14,18H,10H2,1-4H3. The lowest BCUT2D eigenvalue weighted by Gasteiger charge is -2.22. The predicted octanol–water partition coefficient (Wildman–Crippen LogP) is 2.94. The number of imidazole rings is 1. The lowest BCUT2D eigenvalue weighted by molar-refractivity contribution is 0.387. The van der Waals surface area contributed by atoms with E-state index in [4.69, 9.17) is 4.74 Å². The monoisotopic (exact) mass is 273 g/mol. The van der Waals surface area contributed by atoms with E-state index in [1.807, 2.05) is 18.6 Å². The maximum atomic E-state index is 5.45. The predicted molar refractivity (Wildman–Crippen MR) is 81.0 cm³/mol. The molecule has 108 valence electrons. The van der Waals surface area contributed by atoms with Gasteiger partial charge in [0.2, 0.25) is 0 Å². The third-order valence-electron chi connectivity index (χ3n) is 3.43. The summed E-state index contributed by atoms with van der Waals surface area (Å²) in [5, 5.41) is 3.61. The van der Waals surface area contributed by atoms with Crippen LogP contribution >= 0.6 is 0 Å². The minimum Gasteiger partial charge on any atom is -0.496 e. The highest BCUT2D eigenvalue weighted by molar-refractivity contribution is 5.38. The molecule has 20 heavy (non-hydrogen) atoms. The normalized spacial score (nSPS) is 14.0. The molecular weight excluding hydrogens is 250 g/mol. The van der Waals surface area contributed by atoms with Crippen LogP contribution in [0.2, 0.25) is 0 Å². The van der Waals surface area contributed by atoms with Crippen molar-refractivity contribution in [2.45, 2.75) is 39.4 Å². The minimum absolute atomic E-state index is 0.239. The van der Waals surface area contributed by atoms with Gasteiger partial charge in [-0.15, -0.1) is 0 Å². The fourth-order valence-corrected chi connectivity index (χ4v) is 2.47. The summed E-state index contributed by atoms with van der Waals surface area (Å²) in [6, 6.07) is 6.88. The van der Waals surface area contributed by atoms with Crippen molar-refractivity contribution in [2.24, 2.45) is 0 Å². The fraction of sp³-hybridized carbons (Fsp3) is 0.438. The van der Waals surface area contributed by atoms with E-state index in [-0.39, 0.29) is 6.04 Å². The van der Waals surface area contributed by atoms with Crippen LogP contribution in [-0.4, -0.2) is 22.7 Å². The molecule has 0 aliphatic carbocycles. The van der Waals surface area contributed by atoms with Crippen LogP contribution in [0.4, 0.5) is 0 Å². The molecule has 1 aromatic carbocycles. The lowest BCUT2D eigenvalue weighted by Crippen LogP contribution is -2.32. The number of methoxy groups -OCH3 is 1. The van der Waals surface area contributed by atoms with Gasteiger partial charge in [-0.05, 0) is 26.8 Å². The molecule has 0 saturated carbocycles. The highest BCUT2D eigenvalue weighted by Crippen LogP contribution is 2.26. The summed E-state index contributed by atoms with van der Waals surface area (Å²) in [6.45, 7) is 7.35. The number of aromatic nitrogens is 2. The molecule has 1 heterocycles. The van der Waals surface area contributed by atoms with Gasteiger partial charge in [0, 0.05) is 36.6 Å². The molecular formula is C16H23N3O. The molecule has 0 spiro atoms. The Morgan fingerprint density at radius 2 is 2.15 bits per heavy atom. The molecule has 0 saturated heterocycles. The van der Waals surface area contributed by atoms with E-state index in [0.29, 0.717) is 6.04 Å². The molecule has 1 N–H and O–H groups in total. The van der Waals surface area contributed by atoms with Crippen molar-refractivity contribution in [1.29, 1.82) is 0 Å². The molecule has 0 amide bonds. The van der Waals surface area contributed by atoms with Crippen LogP contribution in [0.3, 0.4) is 0 Å². The second-order valence-corrected chi connectivity index (χ2v) is 5.29. The van der Waals surface area contributed by atoms with Crippen LogP contribution < -0.4 is 10.1 Å². The fourth-order valence-electron chi connectivity index (χ4n) is 2.47. The quantitative estimate of drug-likeness (QED) is 0.879. The molecule has 0 bridgehead atoms. The summed E-state index contributed by atoms with van der Waals surface area (Å²) in [5.41, 5.74) is 2.45. The van der Waals surface area contributed by atoms with E-state index >= 15 is 0 Å². The number of nitrogens with one attached hydrogen (secondary N) is 1. The van der Waals surface area contributed by atoms with E-state index in [9.17, 15) is 0 Å². The molecule has 2 atom stereocenters. The first-order valence-corrected chi connectivity index (χ1v) is 6.96. The maximum Gasteiger partial charge on any atom is 0.123 e. The van der Waals surface area contributed by atoms with Crippen LogP contribution in [0.15, 0.2) is 36.9 Å². The van der Waals surface area contributed by atoms with Gasteiger partial charge in [-0.3, -0.25) is 0 Å². The zero-order valence-corrected chi connectivity index (χ0v) is 12.6. The topological polar surface area (TPSA) is 39.1 Å². The zero-order valence-electron chi connectivity index (χ0n) is 12.6. The number of hydrogen-bond acceptors (Lipinski definition) is 3. The summed E-state index contributed by atoms with van der Waals surface area (Å²) in [7, 11) is 1.72. The average Bonchev–Trinajstić information content (AvgIpc) is 2.91. The Hall–Kier alpha value is -1.81. The first-order chi connectivity index (χ1) is 9.60. The average molecular weight is 273 g/mol. The van der Waals surface area contributed by atoms with Gasteiger partial charge in [-0.2, -0.15) is 0 Å². The molecule has 0 aliphatic rings. The summed E-state index contributed by atoms with van der Waals surface area (Å²) in [6.07, 6.45) is 5.63. The maximum absolute atomic E-state index is 5.45. The first kappa shape index (κ1) is 14.6. The van der Waals surface area contributed by atoms with E-state index in [2.05, 4.69) is 47.8 Å². The molecule has 2 rings (SSSR count). The number of aryl methyl sites for hydroxylation is 1.